The lowest BCUT2D eigenvalue weighted by atomic mass is 10.1. The van der Waals surface area contributed by atoms with Crippen molar-refractivity contribution in [1.82, 2.24) is 15.2 Å². The smallest absolute Gasteiger partial charge is 0.257 e. The molecule has 2 N–H and O–H groups in total. The molecule has 7 nitrogen and oxygen atoms in total. The molecule has 136 valence electrons. The summed E-state index contributed by atoms with van der Waals surface area (Å²) in [4.78, 5) is 19.7. The molecule has 8 heteroatoms. The van der Waals surface area contributed by atoms with Crippen LogP contribution in [0.15, 0.2) is 42.6 Å². The van der Waals surface area contributed by atoms with E-state index in [1.165, 1.54) is 0 Å². The van der Waals surface area contributed by atoms with Crippen molar-refractivity contribution in [2.24, 2.45) is 0 Å². The van der Waals surface area contributed by atoms with E-state index in [0.29, 0.717) is 5.56 Å². The first-order valence-electron chi connectivity index (χ1n) is 8.75. The van der Waals surface area contributed by atoms with Gasteiger partial charge in [-0.2, -0.15) is 5.10 Å². The molecule has 27 heavy (non-hydrogen) atoms. The van der Waals surface area contributed by atoms with Gasteiger partial charge in [0.15, 0.2) is 5.13 Å². The lowest BCUT2D eigenvalue weighted by Crippen LogP contribution is -2.36. The third kappa shape index (κ3) is 3.02. The summed E-state index contributed by atoms with van der Waals surface area (Å²) in [6.07, 6.45) is 1.71. The van der Waals surface area contributed by atoms with Crippen LogP contribution >= 0.6 is 11.3 Å². The number of rotatable bonds is 3. The fourth-order valence-corrected chi connectivity index (χ4v) is 4.29. The number of nitrogens with one attached hydrogen (secondary N) is 2. The second-order valence-corrected chi connectivity index (χ2v) is 7.38. The molecule has 3 heterocycles. The van der Waals surface area contributed by atoms with Gasteiger partial charge in [-0.1, -0.05) is 23.5 Å². The Balaban J connectivity index is 1.41. The summed E-state index contributed by atoms with van der Waals surface area (Å²) in [6, 6.07) is 11.4. The molecular formula is C19H17N5O2S. The molecule has 0 atom stereocenters. The molecule has 0 radical (unpaired) electrons. The molecule has 2 aromatic carbocycles. The van der Waals surface area contributed by atoms with Gasteiger partial charge in [0.2, 0.25) is 0 Å². The first kappa shape index (κ1) is 16.2. The summed E-state index contributed by atoms with van der Waals surface area (Å²) in [5.41, 5.74) is 3.00. The lowest BCUT2D eigenvalue weighted by molar-refractivity contribution is 0.102. The van der Waals surface area contributed by atoms with Crippen molar-refractivity contribution < 1.29 is 9.53 Å². The molecule has 1 aliphatic heterocycles. The summed E-state index contributed by atoms with van der Waals surface area (Å²) in [5, 5.41) is 11.8. The van der Waals surface area contributed by atoms with Crippen molar-refractivity contribution in [1.29, 1.82) is 0 Å². The molecular weight excluding hydrogens is 362 g/mol. The Morgan fingerprint density at radius 2 is 2.11 bits per heavy atom. The minimum absolute atomic E-state index is 0.165. The predicted molar refractivity (Wildman–Crippen MR) is 107 cm³/mol. The molecule has 0 spiro atoms. The van der Waals surface area contributed by atoms with Crippen LogP contribution in [0.4, 0.5) is 10.8 Å². The van der Waals surface area contributed by atoms with Gasteiger partial charge in [0, 0.05) is 24.2 Å². The molecule has 0 bridgehead atoms. The van der Waals surface area contributed by atoms with Crippen LogP contribution in [0.25, 0.3) is 21.1 Å². The summed E-state index contributed by atoms with van der Waals surface area (Å²) in [6.45, 7) is 3.18. The van der Waals surface area contributed by atoms with E-state index in [1.807, 2.05) is 30.3 Å². The van der Waals surface area contributed by atoms with Gasteiger partial charge in [0.1, 0.15) is 0 Å². The molecule has 1 amide bonds. The van der Waals surface area contributed by atoms with Crippen molar-refractivity contribution in [3.63, 3.8) is 0 Å². The molecule has 0 aliphatic carbocycles. The largest absolute Gasteiger partial charge is 0.378 e. The Hall–Kier alpha value is -2.97. The first-order chi connectivity index (χ1) is 13.3. The maximum atomic E-state index is 12.7. The fraction of sp³-hybridized carbons (Fsp3) is 0.211. The maximum Gasteiger partial charge on any atom is 0.257 e. The first-order valence-corrected chi connectivity index (χ1v) is 9.56. The van der Waals surface area contributed by atoms with E-state index in [-0.39, 0.29) is 5.91 Å². The Kier molecular flexibility index (Phi) is 3.99. The highest BCUT2D eigenvalue weighted by Gasteiger charge is 2.16. The van der Waals surface area contributed by atoms with Crippen LogP contribution in [0.5, 0.6) is 0 Å². The van der Waals surface area contributed by atoms with Gasteiger partial charge in [-0.15, -0.1) is 0 Å². The number of nitrogens with zero attached hydrogens (tertiary/aromatic N) is 3. The molecule has 0 saturated carbocycles. The van der Waals surface area contributed by atoms with Crippen molar-refractivity contribution in [2.75, 3.05) is 36.5 Å². The monoisotopic (exact) mass is 379 g/mol. The minimum atomic E-state index is -0.165. The SMILES string of the molecule is O=C(Nc1ccc2nc(N3CCOCC3)sc2c1)c1cccc2cn[nH]c12. The van der Waals surface area contributed by atoms with Crippen LogP contribution < -0.4 is 10.2 Å². The number of aromatic nitrogens is 3. The Morgan fingerprint density at radius 3 is 3.00 bits per heavy atom. The van der Waals surface area contributed by atoms with Crippen LogP contribution in [0.3, 0.4) is 0 Å². The van der Waals surface area contributed by atoms with E-state index in [1.54, 1.807) is 23.6 Å². The standard InChI is InChI=1S/C19H17N5O2S/c25-18(14-3-1-2-12-11-20-23-17(12)14)21-13-4-5-15-16(10-13)27-19(22-15)24-6-8-26-9-7-24/h1-5,10-11H,6-9H2,(H,20,23)(H,21,25). The van der Waals surface area contributed by atoms with Crippen LogP contribution in [-0.2, 0) is 4.74 Å². The van der Waals surface area contributed by atoms with E-state index in [2.05, 4.69) is 20.4 Å². The van der Waals surface area contributed by atoms with Crippen molar-refractivity contribution >= 4 is 49.2 Å². The normalized spacial score (nSPS) is 14.7. The highest BCUT2D eigenvalue weighted by Crippen LogP contribution is 2.31. The highest BCUT2D eigenvalue weighted by molar-refractivity contribution is 7.22. The highest BCUT2D eigenvalue weighted by atomic mass is 32.1. The van der Waals surface area contributed by atoms with Crippen molar-refractivity contribution in [3.8, 4) is 0 Å². The number of carbonyl (C=O) groups is 1. The molecule has 4 aromatic rings. The average Bonchev–Trinajstić information content (AvgIpc) is 3.34. The zero-order chi connectivity index (χ0) is 18.2. The Bertz CT molecular complexity index is 1130. The molecule has 1 fully saturated rings. The molecule has 2 aromatic heterocycles. The topological polar surface area (TPSA) is 83.1 Å². The van der Waals surface area contributed by atoms with Gasteiger partial charge >= 0.3 is 0 Å². The van der Waals surface area contributed by atoms with Crippen LogP contribution in [0, 0.1) is 0 Å². The van der Waals surface area contributed by atoms with E-state index < -0.39 is 0 Å². The maximum absolute atomic E-state index is 12.7. The Morgan fingerprint density at radius 1 is 1.22 bits per heavy atom. The Labute approximate surface area is 159 Å². The number of ether oxygens (including phenoxy) is 1. The number of morpholine rings is 1. The number of hydrogen-bond donors (Lipinski definition) is 2. The quantitative estimate of drug-likeness (QED) is 0.571. The number of aromatic amines is 1. The van der Waals surface area contributed by atoms with Crippen LogP contribution in [0.2, 0.25) is 0 Å². The number of benzene rings is 2. The zero-order valence-corrected chi connectivity index (χ0v) is 15.3. The number of para-hydroxylation sites is 1. The minimum Gasteiger partial charge on any atom is -0.378 e. The molecule has 1 saturated heterocycles. The molecule has 1 aliphatic rings. The van der Waals surface area contributed by atoms with Gasteiger partial charge in [-0.3, -0.25) is 9.89 Å². The molecule has 0 unspecified atom stereocenters. The van der Waals surface area contributed by atoms with E-state index in [9.17, 15) is 4.79 Å². The van der Waals surface area contributed by atoms with E-state index in [0.717, 1.165) is 58.2 Å². The predicted octanol–water partition coefficient (Wildman–Crippen LogP) is 3.26. The van der Waals surface area contributed by atoms with E-state index >= 15 is 0 Å². The summed E-state index contributed by atoms with van der Waals surface area (Å²) in [5.74, 6) is -0.165. The zero-order valence-electron chi connectivity index (χ0n) is 14.4. The van der Waals surface area contributed by atoms with Gasteiger partial charge in [-0.05, 0) is 24.3 Å². The fourth-order valence-electron chi connectivity index (χ4n) is 3.24. The number of H-pyrrole nitrogens is 1. The van der Waals surface area contributed by atoms with Crippen molar-refractivity contribution in [2.45, 2.75) is 0 Å². The molecule has 5 rings (SSSR count). The van der Waals surface area contributed by atoms with Gasteiger partial charge in [0.05, 0.1) is 40.7 Å². The number of carbonyl (C=O) groups excluding carboxylic acids is 1. The summed E-state index contributed by atoms with van der Waals surface area (Å²) < 4.78 is 6.46. The number of hydrogen-bond acceptors (Lipinski definition) is 6. The number of thiazole rings is 1. The second-order valence-electron chi connectivity index (χ2n) is 6.37. The average molecular weight is 379 g/mol. The third-order valence-corrected chi connectivity index (χ3v) is 5.72. The van der Waals surface area contributed by atoms with Crippen LogP contribution in [0.1, 0.15) is 10.4 Å². The van der Waals surface area contributed by atoms with Gasteiger partial charge in [-0.25, -0.2) is 4.98 Å². The van der Waals surface area contributed by atoms with Crippen LogP contribution in [-0.4, -0.2) is 47.4 Å². The number of amides is 1. The number of fused-ring (bicyclic) bond motifs is 2. The third-order valence-electron chi connectivity index (χ3n) is 4.64. The second kappa shape index (κ2) is 6.64. The van der Waals surface area contributed by atoms with E-state index in [4.69, 9.17) is 9.72 Å². The number of anilines is 2. The lowest BCUT2D eigenvalue weighted by Gasteiger charge is -2.25. The van der Waals surface area contributed by atoms with Gasteiger partial charge in [0.25, 0.3) is 5.91 Å². The van der Waals surface area contributed by atoms with Crippen molar-refractivity contribution in [3.05, 3.63) is 48.2 Å². The van der Waals surface area contributed by atoms with Gasteiger partial charge < -0.3 is 15.0 Å². The summed E-state index contributed by atoms with van der Waals surface area (Å²) in [7, 11) is 0. The summed E-state index contributed by atoms with van der Waals surface area (Å²) >= 11 is 1.64.